The summed E-state index contributed by atoms with van der Waals surface area (Å²) in [6.45, 7) is 0. The van der Waals surface area contributed by atoms with Crippen LogP contribution in [0.25, 0.3) is 0 Å². The Morgan fingerprint density at radius 1 is 1.22 bits per heavy atom. The summed E-state index contributed by atoms with van der Waals surface area (Å²) in [5, 5.41) is 17.9. The van der Waals surface area contributed by atoms with Crippen LogP contribution in [0.3, 0.4) is 0 Å². The summed E-state index contributed by atoms with van der Waals surface area (Å²) in [5.74, 6) is -0.506. The molecule has 0 fully saturated rings. The summed E-state index contributed by atoms with van der Waals surface area (Å²) >= 11 is 0. The summed E-state index contributed by atoms with van der Waals surface area (Å²) in [6, 6.07) is 12.5. The molecule has 0 aliphatic heterocycles. The number of halogens is 1. The zero-order valence-corrected chi connectivity index (χ0v) is 9.25. The van der Waals surface area contributed by atoms with E-state index in [9.17, 15) is 9.50 Å². The predicted molar refractivity (Wildman–Crippen MR) is 61.3 cm³/mol. The number of aliphatic hydroxyl groups is 1. The number of hydrogen-bond acceptors (Lipinski definition) is 4. The third-order valence-electron chi connectivity index (χ3n) is 2.20. The molecule has 2 rings (SSSR count). The Balaban J connectivity index is 2.30. The minimum Gasteiger partial charge on any atom is -0.436 e. The molecule has 0 bridgehead atoms. The van der Waals surface area contributed by atoms with Gasteiger partial charge >= 0.3 is 0 Å². The molecule has 1 aromatic heterocycles. The van der Waals surface area contributed by atoms with Crippen molar-refractivity contribution < 1.29 is 14.2 Å². The second kappa shape index (κ2) is 5.25. The SMILES string of the molecule is N#CC(O)c1ccc(F)c(Oc2ccccc2)n1. The minimum atomic E-state index is -1.40. The van der Waals surface area contributed by atoms with Gasteiger partial charge in [-0.25, -0.2) is 9.37 Å². The van der Waals surface area contributed by atoms with E-state index in [4.69, 9.17) is 10.00 Å². The van der Waals surface area contributed by atoms with Crippen LogP contribution in [0.1, 0.15) is 11.8 Å². The molecule has 0 aliphatic carbocycles. The first-order valence-corrected chi connectivity index (χ1v) is 5.17. The highest BCUT2D eigenvalue weighted by atomic mass is 19.1. The van der Waals surface area contributed by atoms with E-state index in [1.807, 2.05) is 0 Å². The largest absolute Gasteiger partial charge is 0.436 e. The fourth-order valence-electron chi connectivity index (χ4n) is 1.33. The maximum atomic E-state index is 13.5. The lowest BCUT2D eigenvalue weighted by Gasteiger charge is -2.08. The van der Waals surface area contributed by atoms with Gasteiger partial charge in [0.25, 0.3) is 5.88 Å². The molecule has 18 heavy (non-hydrogen) atoms. The molecule has 0 saturated heterocycles. The Kier molecular flexibility index (Phi) is 3.51. The van der Waals surface area contributed by atoms with E-state index in [0.29, 0.717) is 5.75 Å². The van der Waals surface area contributed by atoms with Crippen molar-refractivity contribution in [2.75, 3.05) is 0 Å². The van der Waals surface area contributed by atoms with E-state index in [-0.39, 0.29) is 11.6 Å². The lowest BCUT2D eigenvalue weighted by Crippen LogP contribution is -2.00. The molecule has 4 nitrogen and oxygen atoms in total. The van der Waals surface area contributed by atoms with E-state index < -0.39 is 11.9 Å². The van der Waals surface area contributed by atoms with Gasteiger partial charge in [-0.2, -0.15) is 5.26 Å². The molecular formula is C13H9FN2O2. The maximum absolute atomic E-state index is 13.5. The third-order valence-corrected chi connectivity index (χ3v) is 2.20. The molecule has 1 atom stereocenters. The number of hydrogen-bond donors (Lipinski definition) is 1. The minimum absolute atomic E-state index is 0.0461. The van der Waals surface area contributed by atoms with Crippen LogP contribution in [-0.4, -0.2) is 10.1 Å². The van der Waals surface area contributed by atoms with Crippen molar-refractivity contribution in [3.63, 3.8) is 0 Å². The molecule has 90 valence electrons. The molecule has 0 spiro atoms. The molecule has 0 saturated carbocycles. The normalized spacial score (nSPS) is 11.6. The fourth-order valence-corrected chi connectivity index (χ4v) is 1.33. The monoisotopic (exact) mass is 244 g/mol. The molecule has 2 aromatic rings. The number of aromatic nitrogens is 1. The Morgan fingerprint density at radius 3 is 2.61 bits per heavy atom. The van der Waals surface area contributed by atoms with Gasteiger partial charge in [0.15, 0.2) is 11.9 Å². The number of aliphatic hydroxyl groups excluding tert-OH is 1. The average Bonchev–Trinajstić information content (AvgIpc) is 2.41. The summed E-state index contributed by atoms with van der Waals surface area (Å²) in [6.07, 6.45) is -1.40. The Hall–Kier alpha value is -2.45. The van der Waals surface area contributed by atoms with Crippen molar-refractivity contribution in [2.24, 2.45) is 0 Å². The first-order valence-electron chi connectivity index (χ1n) is 5.17. The fraction of sp³-hybridized carbons (Fsp3) is 0.0769. The van der Waals surface area contributed by atoms with E-state index in [1.54, 1.807) is 36.4 Å². The van der Waals surface area contributed by atoms with Gasteiger partial charge in [-0.05, 0) is 24.3 Å². The number of pyridine rings is 1. The molecule has 0 aliphatic rings. The van der Waals surface area contributed by atoms with Gasteiger partial charge in [-0.1, -0.05) is 18.2 Å². The second-order valence-electron chi connectivity index (χ2n) is 3.47. The topological polar surface area (TPSA) is 66.1 Å². The summed E-state index contributed by atoms with van der Waals surface area (Å²) in [5.41, 5.74) is 0.0461. The number of benzene rings is 1. The Morgan fingerprint density at radius 2 is 1.94 bits per heavy atom. The lowest BCUT2D eigenvalue weighted by molar-refractivity contribution is 0.229. The molecule has 0 radical (unpaired) electrons. The smallest absolute Gasteiger partial charge is 0.256 e. The first-order chi connectivity index (χ1) is 8.70. The van der Waals surface area contributed by atoms with Crippen molar-refractivity contribution in [1.29, 1.82) is 5.26 Å². The molecule has 1 N–H and O–H groups in total. The van der Waals surface area contributed by atoms with Gasteiger partial charge in [0.05, 0.1) is 5.69 Å². The molecule has 1 heterocycles. The quantitative estimate of drug-likeness (QED) is 0.842. The highest BCUT2D eigenvalue weighted by molar-refractivity contribution is 5.29. The predicted octanol–water partition coefficient (Wildman–Crippen LogP) is 2.57. The highest BCUT2D eigenvalue weighted by Gasteiger charge is 2.13. The number of nitriles is 1. The van der Waals surface area contributed by atoms with E-state index in [1.165, 1.54) is 6.07 Å². The van der Waals surface area contributed by atoms with Gasteiger partial charge < -0.3 is 9.84 Å². The van der Waals surface area contributed by atoms with Crippen LogP contribution in [0.2, 0.25) is 0 Å². The zero-order valence-electron chi connectivity index (χ0n) is 9.25. The standard InChI is InChI=1S/C13H9FN2O2/c14-10-6-7-11(12(17)8-15)16-13(10)18-9-4-2-1-3-5-9/h1-7,12,17H. The van der Waals surface area contributed by atoms with Crippen LogP contribution in [0.4, 0.5) is 4.39 Å². The molecule has 0 amide bonds. The summed E-state index contributed by atoms with van der Waals surface area (Å²) in [4.78, 5) is 3.77. The van der Waals surface area contributed by atoms with E-state index in [0.717, 1.165) is 6.07 Å². The van der Waals surface area contributed by atoms with Crippen molar-refractivity contribution in [3.8, 4) is 17.7 Å². The van der Waals surface area contributed by atoms with Crippen LogP contribution < -0.4 is 4.74 Å². The summed E-state index contributed by atoms with van der Waals surface area (Å²) in [7, 11) is 0. The lowest BCUT2D eigenvalue weighted by atomic mass is 10.2. The van der Waals surface area contributed by atoms with Crippen molar-refractivity contribution in [2.45, 2.75) is 6.10 Å². The van der Waals surface area contributed by atoms with Crippen LogP contribution in [0.15, 0.2) is 42.5 Å². The van der Waals surface area contributed by atoms with E-state index >= 15 is 0 Å². The van der Waals surface area contributed by atoms with Crippen molar-refractivity contribution in [3.05, 3.63) is 54.0 Å². The molecular weight excluding hydrogens is 235 g/mol. The third kappa shape index (κ3) is 2.62. The van der Waals surface area contributed by atoms with Gasteiger partial charge in [-0.3, -0.25) is 0 Å². The second-order valence-corrected chi connectivity index (χ2v) is 3.47. The van der Waals surface area contributed by atoms with Crippen LogP contribution in [0, 0.1) is 17.1 Å². The number of nitrogens with zero attached hydrogens (tertiary/aromatic N) is 2. The zero-order chi connectivity index (χ0) is 13.0. The van der Waals surface area contributed by atoms with Crippen LogP contribution in [-0.2, 0) is 0 Å². The summed E-state index contributed by atoms with van der Waals surface area (Å²) < 4.78 is 18.7. The molecule has 5 heteroatoms. The average molecular weight is 244 g/mol. The maximum Gasteiger partial charge on any atom is 0.256 e. The van der Waals surface area contributed by atoms with E-state index in [2.05, 4.69) is 4.98 Å². The number of para-hydroxylation sites is 1. The van der Waals surface area contributed by atoms with Gasteiger partial charge in [-0.15, -0.1) is 0 Å². The van der Waals surface area contributed by atoms with Gasteiger partial charge in [0, 0.05) is 0 Å². The van der Waals surface area contributed by atoms with Crippen molar-refractivity contribution in [1.82, 2.24) is 4.98 Å². The first kappa shape index (κ1) is 12.0. The Labute approximate surface area is 103 Å². The van der Waals surface area contributed by atoms with Crippen molar-refractivity contribution >= 4 is 0 Å². The highest BCUT2D eigenvalue weighted by Crippen LogP contribution is 2.23. The van der Waals surface area contributed by atoms with Gasteiger partial charge in [0.2, 0.25) is 0 Å². The molecule has 1 unspecified atom stereocenters. The number of rotatable bonds is 3. The Bertz CT molecular complexity index is 581. The van der Waals surface area contributed by atoms with Crippen LogP contribution >= 0.6 is 0 Å². The van der Waals surface area contributed by atoms with Crippen LogP contribution in [0.5, 0.6) is 11.6 Å². The molecule has 1 aromatic carbocycles. The van der Waals surface area contributed by atoms with Gasteiger partial charge in [0.1, 0.15) is 11.8 Å². The number of ether oxygens (including phenoxy) is 1.